The minimum absolute atomic E-state index is 0.290. The lowest BCUT2D eigenvalue weighted by Crippen LogP contribution is -2.46. The number of aromatic nitrogens is 2. The van der Waals surface area contributed by atoms with Gasteiger partial charge in [0.05, 0.1) is 19.1 Å². The molecule has 2 rings (SSSR count). The number of nitrogens with one attached hydrogen (secondary N) is 1. The number of carbonyl (C=O) groups excluding carboxylic acids is 1. The van der Waals surface area contributed by atoms with Crippen molar-refractivity contribution in [2.24, 2.45) is 5.92 Å². The molecule has 1 heterocycles. The number of hydrogen-bond acceptors (Lipinski definition) is 8. The van der Waals surface area contributed by atoms with Crippen LogP contribution < -0.4 is 14.4 Å². The molecule has 1 N–H and O–H groups in total. The van der Waals surface area contributed by atoms with Crippen molar-refractivity contribution < 1.29 is 17.9 Å². The largest absolute Gasteiger partial charge is 0.497 e. The summed E-state index contributed by atoms with van der Waals surface area (Å²) in [6.45, 7) is 5.99. The second-order valence-electron chi connectivity index (χ2n) is 6.75. The van der Waals surface area contributed by atoms with Gasteiger partial charge in [0.15, 0.2) is 4.34 Å². The van der Waals surface area contributed by atoms with Gasteiger partial charge in [0, 0.05) is 5.75 Å². The third kappa shape index (κ3) is 6.58. The van der Waals surface area contributed by atoms with E-state index in [-0.39, 0.29) is 0 Å². The summed E-state index contributed by atoms with van der Waals surface area (Å²) in [5.74, 6) is 1.56. The highest BCUT2D eigenvalue weighted by Gasteiger charge is 2.32. The molecule has 0 aliphatic carbocycles. The highest BCUT2D eigenvalue weighted by molar-refractivity contribution is 8.01. The van der Waals surface area contributed by atoms with E-state index in [1.807, 2.05) is 0 Å². The molecule has 0 spiro atoms. The van der Waals surface area contributed by atoms with Crippen molar-refractivity contribution in [2.45, 2.75) is 37.6 Å². The SMILES string of the molecule is CCC(C(=O)Nc1nnc(SCC(C)C)s1)N(c1ccc(OC)cc1)S(C)(=O)=O. The summed E-state index contributed by atoms with van der Waals surface area (Å²) in [4.78, 5) is 12.9. The van der Waals surface area contributed by atoms with Crippen LogP contribution in [0.15, 0.2) is 28.6 Å². The van der Waals surface area contributed by atoms with Crippen molar-refractivity contribution in [1.29, 1.82) is 0 Å². The fourth-order valence-corrected chi connectivity index (χ4v) is 5.48. The van der Waals surface area contributed by atoms with Gasteiger partial charge in [-0.1, -0.05) is 43.9 Å². The zero-order valence-corrected chi connectivity index (χ0v) is 19.5. The van der Waals surface area contributed by atoms with E-state index in [2.05, 4.69) is 29.4 Å². The first kappa shape index (κ1) is 23.4. The monoisotopic (exact) mass is 458 g/mol. The summed E-state index contributed by atoms with van der Waals surface area (Å²) < 4.78 is 32.0. The normalized spacial score (nSPS) is 12.6. The lowest BCUT2D eigenvalue weighted by atomic mass is 10.2. The Morgan fingerprint density at radius 1 is 1.28 bits per heavy atom. The first-order valence-electron chi connectivity index (χ1n) is 9.06. The zero-order chi connectivity index (χ0) is 21.6. The molecule has 0 bridgehead atoms. The van der Waals surface area contributed by atoms with E-state index in [1.54, 1.807) is 43.0 Å². The van der Waals surface area contributed by atoms with Crippen LogP contribution in [0.1, 0.15) is 27.2 Å². The third-order valence-corrected chi connectivity index (χ3v) is 7.41. The minimum Gasteiger partial charge on any atom is -0.497 e. The fraction of sp³-hybridized carbons (Fsp3) is 0.500. The lowest BCUT2D eigenvalue weighted by molar-refractivity contribution is -0.117. The molecule has 11 heteroatoms. The van der Waals surface area contributed by atoms with Crippen LogP contribution in [0.3, 0.4) is 0 Å². The van der Waals surface area contributed by atoms with E-state index in [0.717, 1.165) is 20.7 Å². The number of rotatable bonds is 10. The predicted octanol–water partition coefficient (Wildman–Crippen LogP) is 3.48. The van der Waals surface area contributed by atoms with Crippen molar-refractivity contribution in [3.63, 3.8) is 0 Å². The van der Waals surface area contributed by atoms with Crippen LogP contribution in [0.4, 0.5) is 10.8 Å². The summed E-state index contributed by atoms with van der Waals surface area (Å²) in [6, 6.07) is 5.61. The highest BCUT2D eigenvalue weighted by Crippen LogP contribution is 2.29. The van der Waals surface area contributed by atoms with Gasteiger partial charge in [-0.25, -0.2) is 8.42 Å². The molecule has 0 saturated carbocycles. The summed E-state index contributed by atoms with van der Waals surface area (Å²) in [5, 5.41) is 11.1. The number of amides is 1. The van der Waals surface area contributed by atoms with Gasteiger partial charge in [-0.2, -0.15) is 0 Å². The molecule has 1 atom stereocenters. The molecular formula is C18H26N4O4S3. The van der Waals surface area contributed by atoms with E-state index >= 15 is 0 Å². The molecule has 160 valence electrons. The van der Waals surface area contributed by atoms with Gasteiger partial charge in [-0.3, -0.25) is 14.4 Å². The zero-order valence-electron chi connectivity index (χ0n) is 17.1. The van der Waals surface area contributed by atoms with Gasteiger partial charge in [0.1, 0.15) is 11.8 Å². The predicted molar refractivity (Wildman–Crippen MR) is 118 cm³/mol. The average Bonchev–Trinajstić information content (AvgIpc) is 3.10. The number of methoxy groups -OCH3 is 1. The minimum atomic E-state index is -3.70. The molecule has 1 unspecified atom stereocenters. The molecule has 1 amide bonds. The summed E-state index contributed by atoms with van der Waals surface area (Å²) >= 11 is 2.85. The van der Waals surface area contributed by atoms with Gasteiger partial charge >= 0.3 is 0 Å². The second kappa shape index (κ2) is 10.3. The third-order valence-electron chi connectivity index (χ3n) is 3.83. The van der Waals surface area contributed by atoms with Crippen molar-refractivity contribution in [3.05, 3.63) is 24.3 Å². The van der Waals surface area contributed by atoms with Gasteiger partial charge in [0.25, 0.3) is 0 Å². The molecule has 29 heavy (non-hydrogen) atoms. The molecule has 0 fully saturated rings. The number of benzene rings is 1. The molecule has 2 aromatic rings. The molecule has 1 aromatic carbocycles. The average molecular weight is 459 g/mol. The number of nitrogens with zero attached hydrogens (tertiary/aromatic N) is 3. The van der Waals surface area contributed by atoms with Crippen molar-refractivity contribution in [3.8, 4) is 5.75 Å². The Hall–Kier alpha value is -1.85. The van der Waals surface area contributed by atoms with Gasteiger partial charge < -0.3 is 4.74 Å². The summed E-state index contributed by atoms with van der Waals surface area (Å²) in [7, 11) is -2.17. The van der Waals surface area contributed by atoms with Crippen molar-refractivity contribution >= 4 is 49.8 Å². The van der Waals surface area contributed by atoms with Crippen molar-refractivity contribution in [2.75, 3.05) is 28.7 Å². The standard InChI is InChI=1S/C18H26N4O4S3/c1-6-15(16(23)19-17-20-21-18(28-17)27-11-12(2)3)22(29(5,24)25)13-7-9-14(26-4)10-8-13/h7-10,12,15H,6,11H2,1-5H3,(H,19,20,23). The van der Waals surface area contributed by atoms with E-state index in [9.17, 15) is 13.2 Å². The number of sulfonamides is 1. The Bertz CT molecular complexity index is 913. The van der Waals surface area contributed by atoms with Crippen LogP contribution in [0, 0.1) is 5.92 Å². The van der Waals surface area contributed by atoms with Crippen LogP contribution in [-0.2, 0) is 14.8 Å². The Balaban J connectivity index is 2.22. The highest BCUT2D eigenvalue weighted by atomic mass is 32.2. The summed E-state index contributed by atoms with van der Waals surface area (Å²) in [6.07, 6.45) is 1.37. The smallest absolute Gasteiger partial charge is 0.250 e. The second-order valence-corrected chi connectivity index (χ2v) is 10.9. The fourth-order valence-electron chi connectivity index (χ4n) is 2.53. The van der Waals surface area contributed by atoms with E-state index in [4.69, 9.17) is 4.74 Å². The van der Waals surface area contributed by atoms with Gasteiger partial charge in [-0.05, 0) is 36.6 Å². The molecule has 0 saturated heterocycles. The number of anilines is 2. The maximum Gasteiger partial charge on any atom is 0.250 e. The molecule has 0 aliphatic heterocycles. The Morgan fingerprint density at radius 2 is 1.93 bits per heavy atom. The molecule has 0 radical (unpaired) electrons. The van der Waals surface area contributed by atoms with Crippen LogP contribution in [0.2, 0.25) is 0 Å². The number of carbonyl (C=O) groups is 1. The van der Waals surface area contributed by atoms with Crippen LogP contribution in [0.5, 0.6) is 5.75 Å². The lowest BCUT2D eigenvalue weighted by Gasteiger charge is -2.29. The van der Waals surface area contributed by atoms with Crippen LogP contribution in [-0.4, -0.2) is 49.7 Å². The number of hydrogen-bond donors (Lipinski definition) is 1. The molecule has 8 nitrogen and oxygen atoms in total. The maximum atomic E-state index is 12.9. The number of thioether (sulfide) groups is 1. The first-order chi connectivity index (χ1) is 13.7. The van der Waals surface area contributed by atoms with Gasteiger partial charge in [0.2, 0.25) is 21.1 Å². The van der Waals surface area contributed by atoms with Crippen LogP contribution in [0.25, 0.3) is 0 Å². The van der Waals surface area contributed by atoms with Crippen LogP contribution >= 0.6 is 23.1 Å². The molecule has 0 aliphatic rings. The maximum absolute atomic E-state index is 12.9. The number of ether oxygens (including phenoxy) is 1. The van der Waals surface area contributed by atoms with E-state index < -0.39 is 22.0 Å². The van der Waals surface area contributed by atoms with E-state index in [0.29, 0.717) is 28.9 Å². The first-order valence-corrected chi connectivity index (χ1v) is 12.7. The Kier molecular flexibility index (Phi) is 8.29. The Morgan fingerprint density at radius 3 is 2.45 bits per heavy atom. The summed E-state index contributed by atoms with van der Waals surface area (Å²) in [5.41, 5.74) is 0.390. The quantitative estimate of drug-likeness (QED) is 0.430. The Labute approximate surface area is 180 Å². The molecule has 1 aromatic heterocycles. The molecular weight excluding hydrogens is 432 g/mol. The topological polar surface area (TPSA) is 101 Å². The van der Waals surface area contributed by atoms with Crippen molar-refractivity contribution in [1.82, 2.24) is 10.2 Å². The van der Waals surface area contributed by atoms with Gasteiger partial charge in [-0.15, -0.1) is 10.2 Å². The van der Waals surface area contributed by atoms with E-state index in [1.165, 1.54) is 18.4 Å².